The lowest BCUT2D eigenvalue weighted by Crippen LogP contribution is -2.37. The lowest BCUT2D eigenvalue weighted by Gasteiger charge is -2.20. The van der Waals surface area contributed by atoms with E-state index in [0.29, 0.717) is 21.4 Å². The van der Waals surface area contributed by atoms with E-state index in [0.717, 1.165) is 5.56 Å². The first kappa shape index (κ1) is 20.1. The number of hydrogen-bond acceptors (Lipinski definition) is 4. The minimum Gasteiger partial charge on any atom is -0.481 e. The van der Waals surface area contributed by atoms with Crippen LogP contribution in [-0.2, 0) is 9.53 Å². The monoisotopic (exact) mass is 395 g/mol. The van der Waals surface area contributed by atoms with Crippen LogP contribution in [0.3, 0.4) is 0 Å². The summed E-state index contributed by atoms with van der Waals surface area (Å²) in [6.07, 6.45) is -0.767. The number of nitrogens with one attached hydrogen (secondary N) is 1. The van der Waals surface area contributed by atoms with E-state index in [1.165, 1.54) is 13.2 Å². The van der Waals surface area contributed by atoms with Crippen molar-refractivity contribution in [1.29, 1.82) is 0 Å². The number of hydrogen-bond donors (Lipinski definition) is 1. The van der Waals surface area contributed by atoms with Crippen molar-refractivity contribution >= 4 is 35.1 Å². The molecule has 7 heteroatoms. The highest BCUT2D eigenvalue weighted by Crippen LogP contribution is 2.26. The Labute approximate surface area is 162 Å². The molecule has 0 saturated heterocycles. The molecule has 0 aromatic heterocycles. The van der Waals surface area contributed by atoms with Crippen LogP contribution in [0, 0.1) is 0 Å². The summed E-state index contributed by atoms with van der Waals surface area (Å²) in [5.41, 5.74) is 1.10. The molecule has 1 amide bonds. The van der Waals surface area contributed by atoms with Gasteiger partial charge in [-0.15, -0.1) is 0 Å². The molecule has 0 aliphatic heterocycles. The Bertz CT molecular complexity index is 810. The predicted molar refractivity (Wildman–Crippen MR) is 101 cm³/mol. The van der Waals surface area contributed by atoms with E-state index in [2.05, 4.69) is 10.1 Å². The van der Waals surface area contributed by atoms with Gasteiger partial charge in [0, 0.05) is 10.0 Å². The van der Waals surface area contributed by atoms with Crippen molar-refractivity contribution in [3.63, 3.8) is 0 Å². The first-order chi connectivity index (χ1) is 12.3. The maximum atomic E-state index is 12.4. The summed E-state index contributed by atoms with van der Waals surface area (Å²) in [4.78, 5) is 24.0. The Morgan fingerprint density at radius 2 is 1.81 bits per heavy atom. The number of amides is 1. The molecule has 5 nitrogen and oxygen atoms in total. The summed E-state index contributed by atoms with van der Waals surface area (Å²) in [5, 5.41) is 3.85. The van der Waals surface area contributed by atoms with E-state index in [-0.39, 0.29) is 11.9 Å². The smallest absolute Gasteiger partial charge is 0.337 e. The molecule has 0 heterocycles. The third-order valence-corrected chi connectivity index (χ3v) is 4.29. The Kier molecular flexibility index (Phi) is 6.89. The van der Waals surface area contributed by atoms with Crippen molar-refractivity contribution in [2.24, 2.45) is 0 Å². The fourth-order valence-electron chi connectivity index (χ4n) is 2.33. The highest BCUT2D eigenvalue weighted by atomic mass is 35.5. The van der Waals surface area contributed by atoms with Crippen molar-refractivity contribution in [3.8, 4) is 5.75 Å². The van der Waals surface area contributed by atoms with Gasteiger partial charge < -0.3 is 14.8 Å². The summed E-state index contributed by atoms with van der Waals surface area (Å²) in [6.45, 7) is 3.44. The molecule has 0 fully saturated rings. The Balaban J connectivity index is 2.02. The average molecular weight is 396 g/mol. The predicted octanol–water partition coefficient (Wildman–Crippen LogP) is 4.42. The van der Waals surface area contributed by atoms with E-state index in [1.807, 2.05) is 6.92 Å². The normalized spacial score (nSPS) is 12.8. The van der Waals surface area contributed by atoms with Gasteiger partial charge >= 0.3 is 5.97 Å². The van der Waals surface area contributed by atoms with E-state index in [9.17, 15) is 9.59 Å². The Hall–Kier alpha value is -2.24. The SMILES string of the molecule is COC(=O)c1cccc(O[C@H](C)C(=O)N[C@@H](C)c2ccc(Cl)cc2Cl)c1. The summed E-state index contributed by atoms with van der Waals surface area (Å²) in [7, 11) is 1.30. The molecular weight excluding hydrogens is 377 g/mol. The summed E-state index contributed by atoms with van der Waals surface area (Å²) in [5.74, 6) is -0.390. The Morgan fingerprint density at radius 3 is 2.46 bits per heavy atom. The van der Waals surface area contributed by atoms with Crippen LogP contribution in [0.1, 0.15) is 35.8 Å². The third kappa shape index (κ3) is 5.13. The lowest BCUT2D eigenvalue weighted by molar-refractivity contribution is -0.127. The van der Waals surface area contributed by atoms with Gasteiger partial charge in [0.25, 0.3) is 5.91 Å². The first-order valence-electron chi connectivity index (χ1n) is 7.92. The molecule has 138 valence electrons. The summed E-state index contributed by atoms with van der Waals surface area (Å²) >= 11 is 12.1. The molecule has 2 rings (SSSR count). The molecule has 0 radical (unpaired) electrons. The number of halogens is 2. The van der Waals surface area contributed by atoms with Crippen LogP contribution >= 0.6 is 23.2 Å². The molecule has 2 aromatic carbocycles. The fraction of sp³-hybridized carbons (Fsp3) is 0.263. The maximum Gasteiger partial charge on any atom is 0.337 e. The molecule has 0 unspecified atom stereocenters. The van der Waals surface area contributed by atoms with Gasteiger partial charge in [-0.25, -0.2) is 4.79 Å². The number of ether oxygens (including phenoxy) is 2. The minimum atomic E-state index is -0.767. The van der Waals surface area contributed by atoms with Gasteiger partial charge in [0.05, 0.1) is 18.7 Å². The zero-order valence-corrected chi connectivity index (χ0v) is 16.1. The molecular formula is C19H19Cl2NO4. The molecule has 0 spiro atoms. The molecule has 0 saturated carbocycles. The van der Waals surface area contributed by atoms with E-state index in [1.54, 1.807) is 43.3 Å². The Morgan fingerprint density at radius 1 is 1.08 bits per heavy atom. The molecule has 0 aliphatic carbocycles. The number of methoxy groups -OCH3 is 1. The number of esters is 1. The average Bonchev–Trinajstić information content (AvgIpc) is 2.60. The molecule has 26 heavy (non-hydrogen) atoms. The molecule has 1 N–H and O–H groups in total. The molecule has 0 aliphatic rings. The molecule has 2 atom stereocenters. The third-order valence-electron chi connectivity index (χ3n) is 3.72. The van der Waals surface area contributed by atoms with Gasteiger partial charge in [0.1, 0.15) is 5.75 Å². The lowest BCUT2D eigenvalue weighted by atomic mass is 10.1. The van der Waals surface area contributed by atoms with Crippen LogP contribution < -0.4 is 10.1 Å². The van der Waals surface area contributed by atoms with Crippen molar-refractivity contribution in [2.45, 2.75) is 26.0 Å². The summed E-state index contributed by atoms with van der Waals surface area (Å²) in [6, 6.07) is 11.2. The van der Waals surface area contributed by atoms with Gasteiger partial charge in [-0.1, -0.05) is 35.3 Å². The number of benzene rings is 2. The zero-order chi connectivity index (χ0) is 19.3. The maximum absolute atomic E-state index is 12.4. The second-order valence-electron chi connectivity index (χ2n) is 5.68. The second kappa shape index (κ2) is 8.92. The fourth-order valence-corrected chi connectivity index (χ4v) is 2.91. The van der Waals surface area contributed by atoms with Gasteiger partial charge in [-0.2, -0.15) is 0 Å². The van der Waals surface area contributed by atoms with Gasteiger partial charge in [-0.3, -0.25) is 4.79 Å². The van der Waals surface area contributed by atoms with Crippen LogP contribution in [0.4, 0.5) is 0 Å². The minimum absolute atomic E-state index is 0.313. The number of carbonyl (C=O) groups excluding carboxylic acids is 2. The van der Waals surface area contributed by atoms with Crippen LogP contribution in [0.25, 0.3) is 0 Å². The standard InChI is InChI=1S/C19H19Cl2NO4/c1-11(16-8-7-14(20)10-17(16)21)22-18(23)12(2)26-15-6-4-5-13(9-15)19(24)25-3/h4-12H,1-3H3,(H,22,23)/t11-,12+/m0/s1. The van der Waals surface area contributed by atoms with Crippen LogP contribution in [0.2, 0.25) is 10.0 Å². The first-order valence-corrected chi connectivity index (χ1v) is 8.67. The number of rotatable bonds is 6. The molecule has 0 bridgehead atoms. The van der Waals surface area contributed by atoms with Gasteiger partial charge in [0.15, 0.2) is 6.10 Å². The van der Waals surface area contributed by atoms with Crippen LogP contribution in [-0.4, -0.2) is 25.1 Å². The van der Waals surface area contributed by atoms with E-state index >= 15 is 0 Å². The summed E-state index contributed by atoms with van der Waals surface area (Å²) < 4.78 is 10.3. The highest BCUT2D eigenvalue weighted by molar-refractivity contribution is 6.35. The van der Waals surface area contributed by atoms with Gasteiger partial charge in [0.2, 0.25) is 0 Å². The highest BCUT2D eigenvalue weighted by Gasteiger charge is 2.19. The van der Waals surface area contributed by atoms with E-state index < -0.39 is 12.1 Å². The zero-order valence-electron chi connectivity index (χ0n) is 14.6. The van der Waals surface area contributed by atoms with Crippen molar-refractivity contribution < 1.29 is 19.1 Å². The molecule has 2 aromatic rings. The van der Waals surface area contributed by atoms with Crippen LogP contribution in [0.15, 0.2) is 42.5 Å². The van der Waals surface area contributed by atoms with Crippen molar-refractivity contribution in [1.82, 2.24) is 5.32 Å². The number of carbonyl (C=O) groups is 2. The largest absolute Gasteiger partial charge is 0.481 e. The van der Waals surface area contributed by atoms with Crippen molar-refractivity contribution in [2.75, 3.05) is 7.11 Å². The topological polar surface area (TPSA) is 64.6 Å². The van der Waals surface area contributed by atoms with Crippen LogP contribution in [0.5, 0.6) is 5.75 Å². The van der Waals surface area contributed by atoms with Gasteiger partial charge in [-0.05, 0) is 49.7 Å². The quantitative estimate of drug-likeness (QED) is 0.734. The second-order valence-corrected chi connectivity index (χ2v) is 6.52. The van der Waals surface area contributed by atoms with Crippen molar-refractivity contribution in [3.05, 3.63) is 63.6 Å². The van der Waals surface area contributed by atoms with E-state index in [4.69, 9.17) is 27.9 Å².